The largest absolute Gasteiger partial charge is 0.473 e. The van der Waals surface area contributed by atoms with Crippen LogP contribution in [0.25, 0.3) is 0 Å². The molecular weight excluding hydrogens is 235 g/mol. The van der Waals surface area contributed by atoms with Crippen LogP contribution in [0.4, 0.5) is 0 Å². The fraction of sp³-hybridized carbons (Fsp3) is 0.667. The van der Waals surface area contributed by atoms with Gasteiger partial charge in [-0.15, -0.1) is 0 Å². The summed E-state index contributed by atoms with van der Waals surface area (Å²) < 4.78 is 6.15. The van der Waals surface area contributed by atoms with E-state index in [-0.39, 0.29) is 8.41 Å². The lowest BCUT2D eigenvalue weighted by Gasteiger charge is -2.32. The highest BCUT2D eigenvalue weighted by Crippen LogP contribution is 2.55. The molecular formula is C15H20BN2O. The highest BCUT2D eigenvalue weighted by Gasteiger charge is 2.61. The van der Waals surface area contributed by atoms with Crippen molar-refractivity contribution in [2.75, 3.05) is 13.1 Å². The predicted molar refractivity (Wildman–Crippen MR) is 75.2 cm³/mol. The zero-order valence-electron chi connectivity index (χ0n) is 11.5. The van der Waals surface area contributed by atoms with Gasteiger partial charge in [0.1, 0.15) is 6.10 Å². The molecule has 4 rings (SSSR count). The van der Waals surface area contributed by atoms with Crippen LogP contribution in [0.1, 0.15) is 26.2 Å². The van der Waals surface area contributed by atoms with Crippen molar-refractivity contribution in [3.63, 3.8) is 0 Å². The molecule has 1 aromatic heterocycles. The van der Waals surface area contributed by atoms with Crippen molar-refractivity contribution in [1.29, 1.82) is 0 Å². The van der Waals surface area contributed by atoms with Crippen molar-refractivity contribution in [2.24, 2.45) is 11.8 Å². The van der Waals surface area contributed by atoms with Crippen LogP contribution in [0.5, 0.6) is 5.88 Å². The van der Waals surface area contributed by atoms with Crippen molar-refractivity contribution in [3.05, 3.63) is 24.4 Å². The Morgan fingerprint density at radius 2 is 2.21 bits per heavy atom. The van der Waals surface area contributed by atoms with Crippen molar-refractivity contribution in [2.45, 2.75) is 37.8 Å². The van der Waals surface area contributed by atoms with Gasteiger partial charge in [-0.25, -0.2) is 4.98 Å². The lowest BCUT2D eigenvalue weighted by atomic mass is 9.84. The minimum absolute atomic E-state index is 0. The van der Waals surface area contributed by atoms with E-state index in [1.165, 1.54) is 25.8 Å². The second kappa shape index (κ2) is 4.52. The Bertz CT molecular complexity index is 455. The van der Waals surface area contributed by atoms with Gasteiger partial charge in [-0.3, -0.25) is 4.90 Å². The van der Waals surface area contributed by atoms with Gasteiger partial charge in [0.15, 0.2) is 0 Å². The SMILES string of the molecule is C[C@@]12[C@H]3CC[C@@H]1[C@H](Oc1ccccn1)CN2CC3.[B]. The van der Waals surface area contributed by atoms with E-state index in [1.807, 2.05) is 24.4 Å². The monoisotopic (exact) mass is 255 g/mol. The van der Waals surface area contributed by atoms with Crippen molar-refractivity contribution < 1.29 is 4.74 Å². The summed E-state index contributed by atoms with van der Waals surface area (Å²) in [4.78, 5) is 6.97. The summed E-state index contributed by atoms with van der Waals surface area (Å²) >= 11 is 0. The predicted octanol–water partition coefficient (Wildman–Crippen LogP) is 1.95. The van der Waals surface area contributed by atoms with E-state index < -0.39 is 0 Å². The van der Waals surface area contributed by atoms with E-state index in [2.05, 4.69) is 16.8 Å². The Labute approximate surface area is 116 Å². The van der Waals surface area contributed by atoms with Crippen LogP contribution in [0.2, 0.25) is 0 Å². The van der Waals surface area contributed by atoms with E-state index in [9.17, 15) is 0 Å². The molecule has 1 aliphatic carbocycles. The third kappa shape index (κ3) is 1.73. The molecule has 3 fully saturated rings. The molecule has 3 heterocycles. The molecule has 0 N–H and O–H groups in total. The van der Waals surface area contributed by atoms with Gasteiger partial charge in [-0.1, -0.05) is 6.07 Å². The number of ether oxygens (including phenoxy) is 1. The first-order valence-electron chi connectivity index (χ1n) is 7.11. The molecule has 4 heteroatoms. The number of aromatic nitrogens is 1. The summed E-state index contributed by atoms with van der Waals surface area (Å²) in [6, 6.07) is 5.91. The molecule has 2 aliphatic heterocycles. The molecule has 3 radical (unpaired) electrons. The summed E-state index contributed by atoms with van der Waals surface area (Å²) in [6.07, 6.45) is 6.26. The summed E-state index contributed by atoms with van der Waals surface area (Å²) in [6.45, 7) is 4.82. The Kier molecular flexibility index (Phi) is 3.08. The second-order valence-electron chi connectivity index (χ2n) is 6.17. The standard InChI is InChI=1S/C15H20N2O.B/c1-15-11-5-6-12(15)13(10-17(15)9-7-11)18-14-4-2-3-8-16-14;/h2-4,8,11-13H,5-7,9-10H2,1H3;/t11-,12+,13+,15+;/m0./s1. The summed E-state index contributed by atoms with van der Waals surface area (Å²) in [5.41, 5.74) is 0.416. The maximum atomic E-state index is 6.15. The third-order valence-corrected chi connectivity index (χ3v) is 5.59. The molecule has 4 atom stereocenters. The number of rotatable bonds is 2. The molecule has 19 heavy (non-hydrogen) atoms. The fourth-order valence-corrected chi connectivity index (χ4v) is 4.64. The minimum Gasteiger partial charge on any atom is -0.473 e. The molecule has 0 amide bonds. The fourth-order valence-electron chi connectivity index (χ4n) is 4.64. The highest BCUT2D eigenvalue weighted by atomic mass is 16.5. The first-order valence-corrected chi connectivity index (χ1v) is 7.11. The van der Waals surface area contributed by atoms with Gasteiger partial charge in [0, 0.05) is 38.7 Å². The quantitative estimate of drug-likeness (QED) is 0.755. The van der Waals surface area contributed by atoms with E-state index in [0.717, 1.165) is 18.3 Å². The molecule has 3 aliphatic rings. The third-order valence-electron chi connectivity index (χ3n) is 5.59. The van der Waals surface area contributed by atoms with Crippen LogP contribution in [-0.2, 0) is 0 Å². The zero-order chi connectivity index (χ0) is 12.2. The number of pyridine rings is 1. The molecule has 0 unspecified atom stereocenters. The second-order valence-corrected chi connectivity index (χ2v) is 6.17. The molecule has 99 valence electrons. The van der Waals surface area contributed by atoms with Gasteiger partial charge in [0.2, 0.25) is 5.88 Å². The molecule has 2 saturated heterocycles. The van der Waals surface area contributed by atoms with Crippen molar-refractivity contribution in [1.82, 2.24) is 9.88 Å². The maximum Gasteiger partial charge on any atom is 0.213 e. The zero-order valence-corrected chi connectivity index (χ0v) is 11.5. The summed E-state index contributed by atoms with van der Waals surface area (Å²) in [7, 11) is 0. The molecule has 1 saturated carbocycles. The van der Waals surface area contributed by atoms with E-state index in [0.29, 0.717) is 17.6 Å². The number of nitrogens with zero attached hydrogens (tertiary/aromatic N) is 2. The Morgan fingerprint density at radius 1 is 1.32 bits per heavy atom. The van der Waals surface area contributed by atoms with E-state index >= 15 is 0 Å². The first kappa shape index (κ1) is 13.0. The summed E-state index contributed by atoms with van der Waals surface area (Å²) in [5, 5.41) is 0. The average Bonchev–Trinajstić information content (AvgIpc) is 2.96. The number of hydrogen-bond donors (Lipinski definition) is 0. The first-order chi connectivity index (χ1) is 8.78. The Hall–Kier alpha value is -1.03. The number of hydrogen-bond acceptors (Lipinski definition) is 3. The van der Waals surface area contributed by atoms with Gasteiger partial charge < -0.3 is 4.74 Å². The van der Waals surface area contributed by atoms with Crippen LogP contribution in [0.3, 0.4) is 0 Å². The van der Waals surface area contributed by atoms with Gasteiger partial charge in [-0.2, -0.15) is 0 Å². The van der Waals surface area contributed by atoms with Gasteiger partial charge in [-0.05, 0) is 44.7 Å². The topological polar surface area (TPSA) is 25.4 Å². The van der Waals surface area contributed by atoms with E-state index in [4.69, 9.17) is 4.74 Å². The molecule has 1 aromatic rings. The van der Waals surface area contributed by atoms with Crippen LogP contribution in [0.15, 0.2) is 24.4 Å². The molecule has 0 spiro atoms. The van der Waals surface area contributed by atoms with Gasteiger partial charge in [0.05, 0.1) is 0 Å². The Balaban J connectivity index is 0.00000110. The smallest absolute Gasteiger partial charge is 0.213 e. The average molecular weight is 255 g/mol. The molecule has 0 aromatic carbocycles. The normalized spacial score (nSPS) is 39.9. The van der Waals surface area contributed by atoms with Crippen LogP contribution in [-0.4, -0.2) is 43.0 Å². The molecule has 3 nitrogen and oxygen atoms in total. The lowest BCUT2D eigenvalue weighted by molar-refractivity contribution is 0.138. The van der Waals surface area contributed by atoms with Crippen molar-refractivity contribution in [3.8, 4) is 5.88 Å². The summed E-state index contributed by atoms with van der Waals surface area (Å²) in [5.74, 6) is 2.39. The maximum absolute atomic E-state index is 6.15. The van der Waals surface area contributed by atoms with Crippen molar-refractivity contribution >= 4 is 8.41 Å². The highest BCUT2D eigenvalue weighted by molar-refractivity contribution is 5.75. The van der Waals surface area contributed by atoms with Gasteiger partial charge >= 0.3 is 0 Å². The van der Waals surface area contributed by atoms with Crippen LogP contribution in [0, 0.1) is 11.8 Å². The Morgan fingerprint density at radius 3 is 3.00 bits per heavy atom. The van der Waals surface area contributed by atoms with E-state index in [1.54, 1.807) is 0 Å². The van der Waals surface area contributed by atoms with Crippen LogP contribution < -0.4 is 4.74 Å². The van der Waals surface area contributed by atoms with Gasteiger partial charge in [0.25, 0.3) is 0 Å². The lowest BCUT2D eigenvalue weighted by Crippen LogP contribution is -2.41. The minimum atomic E-state index is 0. The molecule has 0 bridgehead atoms. The van der Waals surface area contributed by atoms with Crippen LogP contribution >= 0.6 is 0 Å².